The Balaban J connectivity index is 2.55. The van der Waals surface area contributed by atoms with E-state index in [2.05, 4.69) is 19.9 Å². The summed E-state index contributed by atoms with van der Waals surface area (Å²) >= 11 is 0. The monoisotopic (exact) mass is 362 g/mol. The highest BCUT2D eigenvalue weighted by atomic mass is 19.4. The zero-order chi connectivity index (χ0) is 18.9. The summed E-state index contributed by atoms with van der Waals surface area (Å²) < 4.78 is 45.8. The third-order valence-corrected chi connectivity index (χ3v) is 3.13. The van der Waals surface area contributed by atoms with Crippen molar-refractivity contribution >= 4 is 11.6 Å². The van der Waals surface area contributed by atoms with Crippen molar-refractivity contribution in [1.82, 2.24) is 4.90 Å². The van der Waals surface area contributed by atoms with Crippen molar-refractivity contribution in [2.24, 2.45) is 10.7 Å². The van der Waals surface area contributed by atoms with Crippen molar-refractivity contribution < 1.29 is 22.6 Å². The van der Waals surface area contributed by atoms with Crippen molar-refractivity contribution in [1.29, 1.82) is 0 Å². The molecule has 9 heteroatoms. The maximum Gasteiger partial charge on any atom is 0.573 e. The van der Waals surface area contributed by atoms with E-state index in [1.54, 1.807) is 0 Å². The number of halogens is 3. The largest absolute Gasteiger partial charge is 0.573 e. The average molecular weight is 362 g/mol. The van der Waals surface area contributed by atoms with Gasteiger partial charge in [-0.25, -0.2) is 0 Å². The van der Waals surface area contributed by atoms with Crippen LogP contribution in [-0.2, 0) is 4.74 Å². The normalized spacial score (nSPS) is 13.8. The molecule has 1 unspecified atom stereocenters. The topological polar surface area (TPSA) is 72.1 Å². The van der Waals surface area contributed by atoms with Crippen LogP contribution >= 0.6 is 0 Å². The molecule has 1 aromatic carbocycles. The van der Waals surface area contributed by atoms with Crippen LogP contribution in [0.5, 0.6) is 5.75 Å². The molecule has 25 heavy (non-hydrogen) atoms. The molecule has 0 spiro atoms. The molecule has 0 saturated carbocycles. The highest BCUT2D eigenvalue weighted by Crippen LogP contribution is 2.23. The number of guanidine groups is 1. The summed E-state index contributed by atoms with van der Waals surface area (Å²) in [6.45, 7) is 3.77. The molecule has 0 heterocycles. The first kappa shape index (κ1) is 21.0. The number of ether oxygens (including phenoxy) is 2. The predicted molar refractivity (Wildman–Crippen MR) is 91.8 cm³/mol. The molecule has 1 atom stereocenters. The minimum absolute atomic E-state index is 0.0460. The standard InChI is InChI=1S/C16H25F3N4O2/c1-4-24-14(9-10-23(2)3)11-21-15(20)22-12-5-7-13(8-6-12)25-16(17,18)19/h5-8,14H,4,9-11H2,1-3H3,(H3,20,21,22). The van der Waals surface area contributed by atoms with Crippen LogP contribution in [-0.4, -0.2) is 57.1 Å². The summed E-state index contributed by atoms with van der Waals surface area (Å²) in [5, 5.41) is 2.82. The molecule has 0 saturated heterocycles. The molecule has 6 nitrogen and oxygen atoms in total. The highest BCUT2D eigenvalue weighted by molar-refractivity contribution is 5.92. The Morgan fingerprint density at radius 1 is 1.28 bits per heavy atom. The van der Waals surface area contributed by atoms with Crippen LogP contribution in [0.25, 0.3) is 0 Å². The number of aliphatic imine (C=N–C) groups is 1. The van der Waals surface area contributed by atoms with Crippen molar-refractivity contribution in [3.05, 3.63) is 24.3 Å². The van der Waals surface area contributed by atoms with E-state index in [0.717, 1.165) is 13.0 Å². The number of anilines is 1. The Hall–Kier alpha value is -2.00. The van der Waals surface area contributed by atoms with Gasteiger partial charge in [-0.2, -0.15) is 0 Å². The van der Waals surface area contributed by atoms with Gasteiger partial charge in [-0.1, -0.05) is 0 Å². The van der Waals surface area contributed by atoms with E-state index in [1.165, 1.54) is 24.3 Å². The van der Waals surface area contributed by atoms with Crippen molar-refractivity contribution in [3.63, 3.8) is 0 Å². The predicted octanol–water partition coefficient (Wildman–Crippen LogP) is 2.67. The summed E-state index contributed by atoms with van der Waals surface area (Å²) in [5.74, 6) is -0.132. The fourth-order valence-electron chi connectivity index (χ4n) is 1.99. The van der Waals surface area contributed by atoms with E-state index >= 15 is 0 Å². The van der Waals surface area contributed by atoms with Gasteiger partial charge >= 0.3 is 6.36 Å². The third kappa shape index (κ3) is 9.78. The van der Waals surface area contributed by atoms with Crippen LogP contribution in [0.3, 0.4) is 0 Å². The van der Waals surface area contributed by atoms with Gasteiger partial charge in [0.1, 0.15) is 5.75 Å². The number of rotatable bonds is 9. The van der Waals surface area contributed by atoms with Gasteiger partial charge in [0.05, 0.1) is 12.6 Å². The minimum Gasteiger partial charge on any atom is -0.406 e. The second-order valence-corrected chi connectivity index (χ2v) is 5.59. The van der Waals surface area contributed by atoms with Crippen molar-refractivity contribution in [2.75, 3.05) is 39.1 Å². The fraction of sp³-hybridized carbons (Fsp3) is 0.562. The Bertz CT molecular complexity index is 533. The van der Waals surface area contributed by atoms with E-state index in [9.17, 15) is 13.2 Å². The molecule has 1 aromatic rings. The molecule has 0 radical (unpaired) electrons. The van der Waals surface area contributed by atoms with E-state index in [1.807, 2.05) is 21.0 Å². The number of benzene rings is 1. The number of nitrogens with one attached hydrogen (secondary N) is 1. The zero-order valence-electron chi connectivity index (χ0n) is 14.6. The van der Waals surface area contributed by atoms with Crippen molar-refractivity contribution in [3.8, 4) is 5.75 Å². The molecule has 0 aromatic heterocycles. The molecule has 0 aliphatic heterocycles. The molecule has 0 aliphatic rings. The lowest BCUT2D eigenvalue weighted by Crippen LogP contribution is -2.28. The smallest absolute Gasteiger partial charge is 0.406 e. The second-order valence-electron chi connectivity index (χ2n) is 5.59. The summed E-state index contributed by atoms with van der Waals surface area (Å²) in [6, 6.07) is 5.25. The average Bonchev–Trinajstić information content (AvgIpc) is 2.50. The molecule has 3 N–H and O–H groups in total. The Morgan fingerprint density at radius 2 is 1.92 bits per heavy atom. The van der Waals surface area contributed by atoms with E-state index in [0.29, 0.717) is 18.8 Å². The first-order valence-electron chi connectivity index (χ1n) is 7.88. The molecule has 0 bridgehead atoms. The van der Waals surface area contributed by atoms with Crippen LogP contribution in [0.2, 0.25) is 0 Å². The van der Waals surface area contributed by atoms with Gasteiger partial charge in [0.15, 0.2) is 5.96 Å². The van der Waals surface area contributed by atoms with Gasteiger partial charge in [-0.15, -0.1) is 13.2 Å². The van der Waals surface area contributed by atoms with Crippen LogP contribution in [0, 0.1) is 0 Å². The number of nitrogens with two attached hydrogens (primary N) is 1. The van der Waals surface area contributed by atoms with Crippen LogP contribution in [0.1, 0.15) is 13.3 Å². The lowest BCUT2D eigenvalue weighted by molar-refractivity contribution is -0.274. The van der Waals surface area contributed by atoms with Gasteiger partial charge in [0, 0.05) is 18.8 Å². The van der Waals surface area contributed by atoms with Crippen LogP contribution < -0.4 is 15.8 Å². The molecular weight excluding hydrogens is 337 g/mol. The summed E-state index contributed by atoms with van der Waals surface area (Å²) in [7, 11) is 3.96. The number of nitrogens with zero attached hydrogens (tertiary/aromatic N) is 2. The Morgan fingerprint density at radius 3 is 2.44 bits per heavy atom. The quantitative estimate of drug-likeness (QED) is 0.522. The zero-order valence-corrected chi connectivity index (χ0v) is 14.6. The van der Waals surface area contributed by atoms with Crippen molar-refractivity contribution in [2.45, 2.75) is 25.8 Å². The van der Waals surface area contributed by atoms with Crippen LogP contribution in [0.15, 0.2) is 29.3 Å². The first-order valence-corrected chi connectivity index (χ1v) is 7.88. The number of hydrogen-bond donors (Lipinski definition) is 2. The van der Waals surface area contributed by atoms with Crippen LogP contribution in [0.4, 0.5) is 18.9 Å². The maximum atomic E-state index is 12.1. The summed E-state index contributed by atoms with van der Waals surface area (Å²) in [6.07, 6.45) is -3.94. The van der Waals surface area contributed by atoms with E-state index < -0.39 is 6.36 Å². The molecule has 1 rings (SSSR count). The SMILES string of the molecule is CCOC(CCN(C)C)CN=C(N)Nc1ccc(OC(F)(F)F)cc1. The Labute approximate surface area is 145 Å². The molecule has 142 valence electrons. The first-order chi connectivity index (χ1) is 11.7. The lowest BCUT2D eigenvalue weighted by Gasteiger charge is -2.18. The minimum atomic E-state index is -4.71. The molecule has 0 aliphatic carbocycles. The van der Waals surface area contributed by atoms with Gasteiger partial charge < -0.3 is 25.4 Å². The summed E-state index contributed by atoms with van der Waals surface area (Å²) in [4.78, 5) is 6.28. The van der Waals surface area contributed by atoms with Gasteiger partial charge in [-0.05, 0) is 51.7 Å². The lowest BCUT2D eigenvalue weighted by atomic mass is 10.2. The fourth-order valence-corrected chi connectivity index (χ4v) is 1.99. The summed E-state index contributed by atoms with van der Waals surface area (Å²) in [5.41, 5.74) is 6.32. The molecular formula is C16H25F3N4O2. The van der Waals surface area contributed by atoms with Gasteiger partial charge in [0.2, 0.25) is 0 Å². The second kappa shape index (κ2) is 10.1. The number of alkyl halides is 3. The molecule has 0 amide bonds. The van der Waals surface area contributed by atoms with Gasteiger partial charge in [-0.3, -0.25) is 4.99 Å². The number of hydrogen-bond acceptors (Lipinski definition) is 4. The van der Waals surface area contributed by atoms with Gasteiger partial charge in [0.25, 0.3) is 0 Å². The molecule has 0 fully saturated rings. The van der Waals surface area contributed by atoms with E-state index in [4.69, 9.17) is 10.5 Å². The third-order valence-electron chi connectivity index (χ3n) is 3.13. The highest BCUT2D eigenvalue weighted by Gasteiger charge is 2.30. The Kier molecular flexibility index (Phi) is 8.50. The van der Waals surface area contributed by atoms with E-state index in [-0.39, 0.29) is 17.8 Å². The maximum absolute atomic E-state index is 12.1.